The lowest BCUT2D eigenvalue weighted by molar-refractivity contribution is -0.113. The molecule has 0 aliphatic heterocycles. The Bertz CT molecular complexity index is 1030. The van der Waals surface area contributed by atoms with Crippen molar-refractivity contribution in [1.82, 2.24) is 4.98 Å². The summed E-state index contributed by atoms with van der Waals surface area (Å²) in [5, 5.41) is 3.59. The van der Waals surface area contributed by atoms with Gasteiger partial charge in [0.2, 0.25) is 5.91 Å². The summed E-state index contributed by atoms with van der Waals surface area (Å²) in [6.45, 7) is 2.05. The van der Waals surface area contributed by atoms with Gasteiger partial charge in [-0.2, -0.15) is 0 Å². The van der Waals surface area contributed by atoms with Crippen LogP contribution in [0.5, 0.6) is 0 Å². The van der Waals surface area contributed by atoms with Crippen molar-refractivity contribution < 1.29 is 4.79 Å². The van der Waals surface area contributed by atoms with E-state index in [1.165, 1.54) is 28.7 Å². The van der Waals surface area contributed by atoms with Crippen LogP contribution in [0.15, 0.2) is 89.8 Å². The van der Waals surface area contributed by atoms with Crippen LogP contribution in [0.1, 0.15) is 5.56 Å². The lowest BCUT2D eigenvalue weighted by Crippen LogP contribution is -2.13. The number of rotatable bonds is 6. The van der Waals surface area contributed by atoms with E-state index in [4.69, 9.17) is 4.98 Å². The molecule has 29 heavy (non-hydrogen) atoms. The molecule has 4 rings (SSSR count). The largest absolute Gasteiger partial charge is 0.301 e. The first-order valence-electron chi connectivity index (χ1n) is 9.30. The van der Waals surface area contributed by atoms with Gasteiger partial charge in [-0.1, -0.05) is 89.7 Å². The van der Waals surface area contributed by atoms with Crippen molar-refractivity contribution in [3.63, 3.8) is 0 Å². The van der Waals surface area contributed by atoms with Crippen LogP contribution in [0.2, 0.25) is 0 Å². The number of hydrogen-bond donors (Lipinski definition) is 1. The van der Waals surface area contributed by atoms with Crippen LogP contribution in [0.25, 0.3) is 21.7 Å². The second kappa shape index (κ2) is 9.07. The second-order valence-corrected chi connectivity index (χ2v) is 8.63. The fourth-order valence-electron chi connectivity index (χ4n) is 2.89. The number of aromatic nitrogens is 1. The third-order valence-electron chi connectivity index (χ3n) is 4.35. The van der Waals surface area contributed by atoms with Gasteiger partial charge < -0.3 is 5.32 Å². The van der Waals surface area contributed by atoms with Gasteiger partial charge in [0, 0.05) is 10.5 Å². The van der Waals surface area contributed by atoms with Gasteiger partial charge in [-0.25, -0.2) is 4.98 Å². The summed E-state index contributed by atoms with van der Waals surface area (Å²) in [4.78, 5) is 19.4. The summed E-state index contributed by atoms with van der Waals surface area (Å²) in [6.07, 6.45) is 0. The quantitative estimate of drug-likeness (QED) is 0.364. The number of thioether (sulfide) groups is 1. The molecule has 0 radical (unpaired) electrons. The number of anilines is 1. The second-order valence-electron chi connectivity index (χ2n) is 6.58. The number of nitrogens with zero attached hydrogens (tertiary/aromatic N) is 1. The van der Waals surface area contributed by atoms with E-state index >= 15 is 0 Å². The van der Waals surface area contributed by atoms with Gasteiger partial charge in [0.25, 0.3) is 0 Å². The molecule has 144 valence electrons. The molecular formula is C24H20N2OS2. The Morgan fingerprint density at radius 1 is 0.897 bits per heavy atom. The molecule has 0 aliphatic carbocycles. The molecule has 0 unspecified atom stereocenters. The molecule has 3 nitrogen and oxygen atoms in total. The standard InChI is InChI=1S/C24H20N2OS2/c1-17-12-14-20(15-13-17)28-16-21(27)25-24-26-22(18-8-4-2-5-9-18)23(29-24)19-10-6-3-7-11-19/h2-15H,16H2,1H3,(H,25,26,27). The number of aryl methyl sites for hydroxylation is 1. The third kappa shape index (κ3) is 4.94. The van der Waals surface area contributed by atoms with Crippen molar-refractivity contribution in [1.29, 1.82) is 0 Å². The Kier molecular flexibility index (Phi) is 6.08. The number of carbonyl (C=O) groups is 1. The van der Waals surface area contributed by atoms with Crippen LogP contribution in [0.3, 0.4) is 0 Å². The highest BCUT2D eigenvalue weighted by molar-refractivity contribution is 8.00. The van der Waals surface area contributed by atoms with Crippen LogP contribution < -0.4 is 5.32 Å². The fourth-order valence-corrected chi connectivity index (χ4v) is 4.60. The summed E-state index contributed by atoms with van der Waals surface area (Å²) >= 11 is 3.03. The minimum atomic E-state index is -0.0523. The van der Waals surface area contributed by atoms with Crippen LogP contribution >= 0.6 is 23.1 Å². The molecule has 5 heteroatoms. The Labute approximate surface area is 178 Å². The minimum absolute atomic E-state index is 0.0523. The van der Waals surface area contributed by atoms with E-state index in [9.17, 15) is 4.79 Å². The first kappa shape index (κ1) is 19.4. The maximum atomic E-state index is 12.5. The maximum absolute atomic E-state index is 12.5. The number of amides is 1. The van der Waals surface area contributed by atoms with Gasteiger partial charge in [-0.3, -0.25) is 4.79 Å². The van der Waals surface area contributed by atoms with Gasteiger partial charge in [0.15, 0.2) is 5.13 Å². The van der Waals surface area contributed by atoms with Crippen molar-refractivity contribution in [2.75, 3.05) is 11.1 Å². The maximum Gasteiger partial charge on any atom is 0.236 e. The van der Waals surface area contributed by atoms with Crippen molar-refractivity contribution in [3.05, 3.63) is 90.5 Å². The topological polar surface area (TPSA) is 42.0 Å². The Balaban J connectivity index is 1.54. The van der Waals surface area contributed by atoms with Gasteiger partial charge in [-0.05, 0) is 24.6 Å². The highest BCUT2D eigenvalue weighted by Gasteiger charge is 2.16. The minimum Gasteiger partial charge on any atom is -0.301 e. The van der Waals surface area contributed by atoms with Crippen molar-refractivity contribution in [2.24, 2.45) is 0 Å². The molecule has 1 heterocycles. The monoisotopic (exact) mass is 416 g/mol. The summed E-state index contributed by atoms with van der Waals surface area (Å²) in [6, 6.07) is 28.4. The SMILES string of the molecule is Cc1ccc(SCC(=O)Nc2nc(-c3ccccc3)c(-c3ccccc3)s2)cc1. The van der Waals surface area contributed by atoms with E-state index in [-0.39, 0.29) is 5.91 Å². The average molecular weight is 417 g/mol. The molecule has 0 bridgehead atoms. The molecule has 0 saturated carbocycles. The first-order chi connectivity index (χ1) is 14.2. The predicted octanol–water partition coefficient (Wildman–Crippen LogP) is 6.52. The van der Waals surface area contributed by atoms with Crippen LogP contribution in [0.4, 0.5) is 5.13 Å². The van der Waals surface area contributed by atoms with Gasteiger partial charge in [-0.15, -0.1) is 11.8 Å². The summed E-state index contributed by atoms with van der Waals surface area (Å²) < 4.78 is 0. The van der Waals surface area contributed by atoms with Crippen molar-refractivity contribution in [2.45, 2.75) is 11.8 Å². The summed E-state index contributed by atoms with van der Waals surface area (Å²) in [5.74, 6) is 0.299. The van der Waals surface area contributed by atoms with E-state index in [1.807, 2.05) is 60.7 Å². The normalized spacial score (nSPS) is 10.7. The summed E-state index contributed by atoms with van der Waals surface area (Å²) in [7, 11) is 0. The number of hydrogen-bond acceptors (Lipinski definition) is 4. The molecule has 1 aromatic heterocycles. The molecule has 0 saturated heterocycles. The molecular weight excluding hydrogens is 396 g/mol. The Morgan fingerprint density at radius 3 is 2.17 bits per heavy atom. The first-order valence-corrected chi connectivity index (χ1v) is 11.1. The molecule has 4 aromatic rings. The molecule has 3 aromatic carbocycles. The zero-order chi connectivity index (χ0) is 20.1. The van der Waals surface area contributed by atoms with E-state index < -0.39 is 0 Å². The number of nitrogens with one attached hydrogen (secondary N) is 1. The predicted molar refractivity (Wildman–Crippen MR) is 124 cm³/mol. The van der Waals surface area contributed by atoms with E-state index in [0.29, 0.717) is 10.9 Å². The zero-order valence-corrected chi connectivity index (χ0v) is 17.6. The average Bonchev–Trinajstić information content (AvgIpc) is 3.18. The Hall–Kier alpha value is -2.89. The Morgan fingerprint density at radius 2 is 1.52 bits per heavy atom. The molecule has 1 amide bonds. The van der Waals surface area contributed by atoms with Crippen molar-refractivity contribution >= 4 is 34.1 Å². The van der Waals surface area contributed by atoms with Gasteiger partial charge >= 0.3 is 0 Å². The van der Waals surface area contributed by atoms with Gasteiger partial charge in [0.05, 0.1) is 16.3 Å². The number of benzene rings is 3. The highest BCUT2D eigenvalue weighted by Crippen LogP contribution is 2.38. The van der Waals surface area contributed by atoms with Crippen LogP contribution in [0, 0.1) is 6.92 Å². The molecule has 0 aliphatic rings. The zero-order valence-electron chi connectivity index (χ0n) is 16.0. The number of carbonyl (C=O) groups excluding carboxylic acids is 1. The summed E-state index contributed by atoms with van der Waals surface area (Å²) in [5.41, 5.74) is 4.24. The molecule has 0 spiro atoms. The van der Waals surface area contributed by atoms with Gasteiger partial charge in [0.1, 0.15) is 0 Å². The molecule has 1 N–H and O–H groups in total. The highest BCUT2D eigenvalue weighted by atomic mass is 32.2. The van der Waals surface area contributed by atoms with Crippen LogP contribution in [-0.4, -0.2) is 16.6 Å². The number of thiazole rings is 1. The van der Waals surface area contributed by atoms with Crippen LogP contribution in [-0.2, 0) is 4.79 Å². The van der Waals surface area contributed by atoms with E-state index in [1.54, 1.807) is 0 Å². The fraction of sp³-hybridized carbons (Fsp3) is 0.0833. The molecule has 0 fully saturated rings. The van der Waals surface area contributed by atoms with E-state index in [0.717, 1.165) is 26.6 Å². The lowest BCUT2D eigenvalue weighted by atomic mass is 10.1. The third-order valence-corrected chi connectivity index (χ3v) is 6.38. The lowest BCUT2D eigenvalue weighted by Gasteiger charge is -2.02. The molecule has 0 atom stereocenters. The van der Waals surface area contributed by atoms with E-state index in [2.05, 4.69) is 36.5 Å². The smallest absolute Gasteiger partial charge is 0.236 e. The van der Waals surface area contributed by atoms with Crippen molar-refractivity contribution in [3.8, 4) is 21.7 Å².